The normalized spacial score (nSPS) is 21.8. The van der Waals surface area contributed by atoms with Crippen molar-refractivity contribution >= 4 is 0 Å². The second-order valence-electron chi connectivity index (χ2n) is 7.17. The lowest BCUT2D eigenvalue weighted by Gasteiger charge is -2.55. The largest absolute Gasteiger partial charge is 0.456 e. The van der Waals surface area contributed by atoms with E-state index >= 15 is 0 Å². The predicted molar refractivity (Wildman–Crippen MR) is 87.1 cm³/mol. The van der Waals surface area contributed by atoms with Crippen molar-refractivity contribution in [1.82, 2.24) is 0 Å². The van der Waals surface area contributed by atoms with Gasteiger partial charge in [0.1, 0.15) is 0 Å². The van der Waals surface area contributed by atoms with Gasteiger partial charge >= 0.3 is 24.2 Å². The van der Waals surface area contributed by atoms with Crippen molar-refractivity contribution in [3.05, 3.63) is 24.8 Å². The van der Waals surface area contributed by atoms with Gasteiger partial charge in [-0.2, -0.15) is 43.9 Å². The summed E-state index contributed by atoms with van der Waals surface area (Å²) in [4.78, 5) is 0. The first-order valence-corrected chi connectivity index (χ1v) is 8.91. The van der Waals surface area contributed by atoms with Gasteiger partial charge in [0.25, 0.3) is 0 Å². The molecule has 0 aromatic rings. The van der Waals surface area contributed by atoms with E-state index in [-0.39, 0.29) is 13.0 Å². The molecule has 2 atom stereocenters. The Morgan fingerprint density at radius 1 is 0.967 bits per heavy atom. The third-order valence-electron chi connectivity index (χ3n) is 5.26. The Kier molecular flexibility index (Phi) is 7.73. The van der Waals surface area contributed by atoms with Crippen molar-refractivity contribution in [2.45, 2.75) is 75.6 Å². The van der Waals surface area contributed by atoms with Crippen LogP contribution in [0.1, 0.15) is 39.5 Å². The monoisotopic (exact) mass is 460 g/mol. The summed E-state index contributed by atoms with van der Waals surface area (Å²) in [6.07, 6.45) is -15.0. The molecule has 1 aliphatic rings. The van der Waals surface area contributed by atoms with Crippen molar-refractivity contribution < 1.29 is 53.4 Å². The van der Waals surface area contributed by atoms with Crippen molar-refractivity contribution in [1.29, 1.82) is 0 Å². The fraction of sp³-hybridized carbons (Fsp3) is 0.778. The molecule has 0 spiro atoms. The number of allylic oxidation sites excluding steroid dienone is 3. The van der Waals surface area contributed by atoms with Crippen LogP contribution in [-0.2, 0) is 9.47 Å². The molecule has 1 fully saturated rings. The summed E-state index contributed by atoms with van der Waals surface area (Å²) < 4.78 is 149. The fourth-order valence-corrected chi connectivity index (χ4v) is 3.44. The third kappa shape index (κ3) is 4.21. The Balaban J connectivity index is 3.99. The maximum atomic E-state index is 14.8. The highest BCUT2D eigenvalue weighted by molar-refractivity contribution is 5.20. The summed E-state index contributed by atoms with van der Waals surface area (Å²) in [5.41, 5.74) is -8.38. The summed E-state index contributed by atoms with van der Waals surface area (Å²) in [5.74, 6) is -13.2. The molecular formula is C18H22F10O2. The Bertz CT molecular complexity index is 591. The van der Waals surface area contributed by atoms with Crippen LogP contribution in [0.2, 0.25) is 0 Å². The van der Waals surface area contributed by atoms with Gasteiger partial charge in [0.2, 0.25) is 5.60 Å². The van der Waals surface area contributed by atoms with Gasteiger partial charge in [-0.3, -0.25) is 0 Å². The fourth-order valence-electron chi connectivity index (χ4n) is 3.44. The first-order valence-electron chi connectivity index (χ1n) is 8.91. The first kappa shape index (κ1) is 26.7. The molecule has 1 saturated heterocycles. The molecule has 1 rings (SSSR count). The van der Waals surface area contributed by atoms with Crippen LogP contribution in [0.5, 0.6) is 0 Å². The Hall–Kier alpha value is -1.30. The number of ether oxygens (including phenoxy) is 2. The van der Waals surface area contributed by atoms with E-state index < -0.39 is 60.8 Å². The van der Waals surface area contributed by atoms with Crippen molar-refractivity contribution in [2.24, 2.45) is 5.41 Å². The SMILES string of the molecule is C=C/C=C/CC(C)(CC)C(OC1CCCO1)(C(F)(F)C(F)(F)F)C(F)(F)C(F)(F)F. The van der Waals surface area contributed by atoms with Crippen molar-refractivity contribution in [2.75, 3.05) is 6.61 Å². The van der Waals surface area contributed by atoms with E-state index in [1.165, 1.54) is 0 Å². The average molecular weight is 460 g/mol. The van der Waals surface area contributed by atoms with Crippen LogP contribution >= 0.6 is 0 Å². The third-order valence-corrected chi connectivity index (χ3v) is 5.26. The molecule has 0 radical (unpaired) electrons. The minimum absolute atomic E-state index is 0.0229. The van der Waals surface area contributed by atoms with Gasteiger partial charge < -0.3 is 9.47 Å². The topological polar surface area (TPSA) is 18.5 Å². The summed E-state index contributed by atoms with van der Waals surface area (Å²) in [7, 11) is 0. The van der Waals surface area contributed by atoms with Crippen LogP contribution in [0.4, 0.5) is 43.9 Å². The summed E-state index contributed by atoms with van der Waals surface area (Å²) in [6, 6.07) is 0. The number of halogens is 10. The van der Waals surface area contributed by atoms with Gasteiger partial charge in [-0.15, -0.1) is 0 Å². The molecule has 0 aromatic heterocycles. The summed E-state index contributed by atoms with van der Waals surface area (Å²) in [6.45, 7) is 4.38. The molecule has 1 heterocycles. The zero-order valence-electron chi connectivity index (χ0n) is 16.1. The van der Waals surface area contributed by atoms with Crippen molar-refractivity contribution in [3.8, 4) is 0 Å². The summed E-state index contributed by atoms with van der Waals surface area (Å²) >= 11 is 0. The van der Waals surface area contributed by atoms with Gasteiger partial charge in [-0.1, -0.05) is 38.7 Å². The lowest BCUT2D eigenvalue weighted by Crippen LogP contribution is -2.77. The maximum absolute atomic E-state index is 14.8. The minimum Gasteiger partial charge on any atom is -0.353 e. The molecule has 2 nitrogen and oxygen atoms in total. The molecule has 12 heteroatoms. The molecule has 176 valence electrons. The molecule has 0 aromatic carbocycles. The standard InChI is InChI=1S/C18H22F10O2/c1-4-6-7-10-13(3,5-2)14(15(19,20)17(23,24)25,16(21,22)18(26,27)28)30-12-9-8-11-29-12/h4,6-7,12H,1,5,8-11H2,2-3H3/b7-6+. The van der Waals surface area contributed by atoms with E-state index in [0.717, 1.165) is 25.2 Å². The van der Waals surface area contributed by atoms with Gasteiger partial charge in [-0.05, 0) is 19.3 Å². The van der Waals surface area contributed by atoms with E-state index in [0.29, 0.717) is 6.92 Å². The maximum Gasteiger partial charge on any atom is 0.456 e. The van der Waals surface area contributed by atoms with Crippen LogP contribution < -0.4 is 0 Å². The molecule has 1 aliphatic heterocycles. The van der Waals surface area contributed by atoms with Crippen molar-refractivity contribution in [3.63, 3.8) is 0 Å². The van der Waals surface area contributed by atoms with Gasteiger partial charge in [0.05, 0.1) is 0 Å². The Labute approximate surface area is 166 Å². The van der Waals surface area contributed by atoms with E-state index in [9.17, 15) is 43.9 Å². The Morgan fingerprint density at radius 3 is 1.80 bits per heavy atom. The molecule has 2 unspecified atom stereocenters. The summed E-state index contributed by atoms with van der Waals surface area (Å²) in [5, 5.41) is 0. The number of rotatable bonds is 9. The quantitative estimate of drug-likeness (QED) is 0.278. The molecule has 0 bridgehead atoms. The minimum atomic E-state index is -6.78. The molecule has 0 aliphatic carbocycles. The second-order valence-corrected chi connectivity index (χ2v) is 7.17. The molecule has 0 saturated carbocycles. The number of hydrogen-bond donors (Lipinski definition) is 0. The van der Waals surface area contributed by atoms with Gasteiger partial charge in [0, 0.05) is 18.4 Å². The van der Waals surface area contributed by atoms with E-state index in [4.69, 9.17) is 4.74 Å². The van der Waals surface area contributed by atoms with E-state index in [1.807, 2.05) is 0 Å². The van der Waals surface area contributed by atoms with Crippen LogP contribution in [-0.4, -0.2) is 42.7 Å². The zero-order chi connectivity index (χ0) is 23.6. The smallest absolute Gasteiger partial charge is 0.353 e. The van der Waals surface area contributed by atoms with E-state index in [2.05, 4.69) is 11.3 Å². The first-order chi connectivity index (χ1) is 13.4. The molecule has 0 N–H and O–H groups in total. The van der Waals surface area contributed by atoms with Crippen LogP contribution in [0, 0.1) is 5.41 Å². The molecule has 0 amide bonds. The Morgan fingerprint density at radius 2 is 1.47 bits per heavy atom. The van der Waals surface area contributed by atoms with Gasteiger partial charge in [0.15, 0.2) is 6.29 Å². The lowest BCUT2D eigenvalue weighted by atomic mass is 9.62. The van der Waals surface area contributed by atoms with Crippen LogP contribution in [0.15, 0.2) is 24.8 Å². The highest BCUT2D eigenvalue weighted by Gasteiger charge is 2.90. The zero-order valence-corrected chi connectivity index (χ0v) is 16.1. The molecule has 30 heavy (non-hydrogen) atoms. The average Bonchev–Trinajstić information content (AvgIpc) is 3.10. The predicted octanol–water partition coefficient (Wildman–Crippen LogP) is 6.82. The highest BCUT2D eigenvalue weighted by Crippen LogP contribution is 2.65. The second kappa shape index (κ2) is 8.68. The van der Waals surface area contributed by atoms with Crippen LogP contribution in [0.25, 0.3) is 0 Å². The van der Waals surface area contributed by atoms with E-state index in [1.54, 1.807) is 0 Å². The lowest BCUT2D eigenvalue weighted by molar-refractivity contribution is -0.469. The highest BCUT2D eigenvalue weighted by atomic mass is 19.4. The van der Waals surface area contributed by atoms with Crippen LogP contribution in [0.3, 0.4) is 0 Å². The molecular weight excluding hydrogens is 438 g/mol. The van der Waals surface area contributed by atoms with Gasteiger partial charge in [-0.25, -0.2) is 0 Å². The number of hydrogen-bond acceptors (Lipinski definition) is 2. The number of alkyl halides is 10.